The van der Waals surface area contributed by atoms with Gasteiger partial charge in [0.25, 0.3) is 5.56 Å². The molecule has 3 aromatic rings. The molecule has 0 spiro atoms. The fourth-order valence-electron chi connectivity index (χ4n) is 3.71. The zero-order valence-corrected chi connectivity index (χ0v) is 20.2. The highest BCUT2D eigenvalue weighted by Gasteiger charge is 2.35. The van der Waals surface area contributed by atoms with E-state index in [1.807, 2.05) is 13.8 Å². The minimum absolute atomic E-state index is 0.132. The van der Waals surface area contributed by atoms with Crippen molar-refractivity contribution in [1.29, 1.82) is 0 Å². The largest absolute Gasteiger partial charge is 0.492 e. The van der Waals surface area contributed by atoms with E-state index in [1.54, 1.807) is 47.5 Å². The summed E-state index contributed by atoms with van der Waals surface area (Å²) < 4.78 is 19.8. The van der Waals surface area contributed by atoms with Crippen molar-refractivity contribution >= 4 is 17.0 Å². The van der Waals surface area contributed by atoms with E-state index in [2.05, 4.69) is 17.0 Å². The highest BCUT2D eigenvalue weighted by molar-refractivity contribution is 5.79. The monoisotopic (exact) mass is 456 g/mol. The number of aryl methyl sites for hydroxylation is 3. The van der Waals surface area contributed by atoms with Gasteiger partial charge < -0.3 is 14.2 Å². The first kappa shape index (κ1) is 24.3. The lowest BCUT2D eigenvalue weighted by molar-refractivity contribution is -0.157. The minimum Gasteiger partial charge on any atom is -0.492 e. The number of hydrogen-bond donors (Lipinski definition) is 0. The van der Waals surface area contributed by atoms with Gasteiger partial charge in [-0.05, 0) is 38.8 Å². The molecule has 0 aliphatic rings. The number of esters is 1. The molecule has 0 bridgehead atoms. The Morgan fingerprint density at radius 2 is 1.94 bits per heavy atom. The van der Waals surface area contributed by atoms with E-state index in [0.29, 0.717) is 41.3 Å². The van der Waals surface area contributed by atoms with Crippen LogP contribution >= 0.6 is 0 Å². The van der Waals surface area contributed by atoms with E-state index in [-0.39, 0.29) is 12.2 Å². The lowest BCUT2D eigenvalue weighted by atomic mass is 10.0. The smallest absolute Gasteiger partial charge is 0.349 e. The van der Waals surface area contributed by atoms with Gasteiger partial charge >= 0.3 is 5.97 Å². The molecule has 2 aromatic heterocycles. The number of rotatable bonds is 10. The van der Waals surface area contributed by atoms with Gasteiger partial charge in [0.05, 0.1) is 19.3 Å². The molecule has 0 unspecified atom stereocenters. The number of nitrogens with zero attached hydrogens (tertiary/aromatic N) is 4. The zero-order valence-electron chi connectivity index (χ0n) is 20.2. The van der Waals surface area contributed by atoms with Gasteiger partial charge in [0.15, 0.2) is 5.52 Å². The lowest BCUT2D eigenvalue weighted by Crippen LogP contribution is -2.41. The highest BCUT2D eigenvalue weighted by atomic mass is 16.6. The molecule has 3 rings (SSSR count). The molecule has 0 amide bonds. The molecule has 0 aliphatic carbocycles. The van der Waals surface area contributed by atoms with Crippen LogP contribution in [0.25, 0.3) is 11.0 Å². The second-order valence-electron chi connectivity index (χ2n) is 8.13. The average molecular weight is 457 g/mol. The van der Waals surface area contributed by atoms with E-state index < -0.39 is 11.6 Å². The second kappa shape index (κ2) is 10.1. The fraction of sp³-hybridized carbons (Fsp3) is 0.500. The Morgan fingerprint density at radius 3 is 2.61 bits per heavy atom. The molecule has 33 heavy (non-hydrogen) atoms. The third-order valence-corrected chi connectivity index (χ3v) is 5.71. The summed E-state index contributed by atoms with van der Waals surface area (Å²) in [5, 5.41) is 4.48. The van der Waals surface area contributed by atoms with Gasteiger partial charge in [0.2, 0.25) is 5.60 Å². The Hall–Kier alpha value is -3.36. The van der Waals surface area contributed by atoms with Crippen molar-refractivity contribution in [2.75, 3.05) is 13.7 Å². The maximum absolute atomic E-state index is 13.1. The topological polar surface area (TPSA) is 97.5 Å². The minimum atomic E-state index is -1.08. The van der Waals surface area contributed by atoms with Crippen LogP contribution in [-0.2, 0) is 29.5 Å². The first-order valence-electron chi connectivity index (χ1n) is 11.2. The Bertz CT molecular complexity index is 1200. The fourth-order valence-corrected chi connectivity index (χ4v) is 3.71. The number of carbonyl (C=O) groups excluding carboxylic acids is 1. The summed E-state index contributed by atoms with van der Waals surface area (Å²) in [6, 6.07) is 7.05. The third-order valence-electron chi connectivity index (χ3n) is 5.71. The van der Waals surface area contributed by atoms with Gasteiger partial charge in [-0.1, -0.05) is 26.3 Å². The molecule has 0 aliphatic heterocycles. The van der Waals surface area contributed by atoms with E-state index in [1.165, 1.54) is 7.11 Å². The summed E-state index contributed by atoms with van der Waals surface area (Å²) in [4.78, 5) is 29.8. The van der Waals surface area contributed by atoms with E-state index >= 15 is 0 Å². The Morgan fingerprint density at radius 1 is 1.21 bits per heavy atom. The molecule has 9 heteroatoms. The van der Waals surface area contributed by atoms with Crippen molar-refractivity contribution in [3.63, 3.8) is 0 Å². The molecule has 0 saturated carbocycles. The molecule has 1 atom stereocenters. The summed E-state index contributed by atoms with van der Waals surface area (Å²) in [7, 11) is 3.11. The SMILES string of the molecule is CCCc1nn(C)c2c(=O)n(CCOc3cccc(O[C@@](C)(CC)C(=O)OC)c3)c(C)nc12. The molecular weight excluding hydrogens is 424 g/mol. The lowest BCUT2D eigenvalue weighted by Gasteiger charge is -2.26. The molecule has 178 valence electrons. The van der Waals surface area contributed by atoms with Gasteiger partial charge in [0.1, 0.15) is 29.4 Å². The van der Waals surface area contributed by atoms with Crippen molar-refractivity contribution in [3.05, 3.63) is 46.1 Å². The van der Waals surface area contributed by atoms with Gasteiger partial charge in [-0.25, -0.2) is 9.78 Å². The summed E-state index contributed by atoms with van der Waals surface area (Å²) in [6.07, 6.45) is 2.17. The van der Waals surface area contributed by atoms with Crippen LogP contribution in [0.4, 0.5) is 0 Å². The van der Waals surface area contributed by atoms with Crippen LogP contribution in [0.5, 0.6) is 11.5 Å². The van der Waals surface area contributed by atoms with Crippen molar-refractivity contribution in [2.45, 2.75) is 59.1 Å². The molecule has 0 radical (unpaired) electrons. The number of aromatic nitrogens is 4. The number of methoxy groups -OCH3 is 1. The molecular formula is C24H32N4O5. The van der Waals surface area contributed by atoms with E-state index in [9.17, 15) is 9.59 Å². The predicted octanol–water partition coefficient (Wildman–Crippen LogP) is 3.19. The summed E-state index contributed by atoms with van der Waals surface area (Å²) in [6.45, 7) is 8.03. The first-order valence-corrected chi connectivity index (χ1v) is 11.2. The van der Waals surface area contributed by atoms with Gasteiger partial charge in [-0.2, -0.15) is 5.10 Å². The van der Waals surface area contributed by atoms with Gasteiger partial charge in [-0.3, -0.25) is 14.0 Å². The third kappa shape index (κ3) is 5.02. The molecule has 0 N–H and O–H groups in total. The van der Waals surface area contributed by atoms with Crippen LogP contribution in [-0.4, -0.2) is 44.6 Å². The quantitative estimate of drug-likeness (QED) is 0.432. The van der Waals surface area contributed by atoms with Gasteiger partial charge in [-0.15, -0.1) is 0 Å². The Kier molecular flexibility index (Phi) is 7.40. The maximum Gasteiger partial charge on any atom is 0.349 e. The van der Waals surface area contributed by atoms with Crippen LogP contribution in [0, 0.1) is 6.92 Å². The van der Waals surface area contributed by atoms with Crippen LogP contribution in [0.15, 0.2) is 29.1 Å². The molecule has 0 fully saturated rings. The number of fused-ring (bicyclic) bond motifs is 1. The van der Waals surface area contributed by atoms with E-state index in [4.69, 9.17) is 14.2 Å². The number of benzene rings is 1. The molecule has 0 saturated heterocycles. The molecule has 2 heterocycles. The second-order valence-corrected chi connectivity index (χ2v) is 8.13. The van der Waals surface area contributed by atoms with Gasteiger partial charge in [0, 0.05) is 13.1 Å². The zero-order chi connectivity index (χ0) is 24.2. The molecule has 9 nitrogen and oxygen atoms in total. The summed E-state index contributed by atoms with van der Waals surface area (Å²) in [5.74, 6) is 1.25. The van der Waals surface area contributed by atoms with Crippen molar-refractivity contribution in [3.8, 4) is 11.5 Å². The number of carbonyl (C=O) groups is 1. The summed E-state index contributed by atoms with van der Waals surface area (Å²) >= 11 is 0. The van der Waals surface area contributed by atoms with Crippen LogP contribution < -0.4 is 15.0 Å². The van der Waals surface area contributed by atoms with Crippen LogP contribution in [0.3, 0.4) is 0 Å². The molecule has 1 aromatic carbocycles. The van der Waals surface area contributed by atoms with Crippen molar-refractivity contribution in [1.82, 2.24) is 19.3 Å². The number of ether oxygens (including phenoxy) is 3. The predicted molar refractivity (Wildman–Crippen MR) is 125 cm³/mol. The number of hydrogen-bond acceptors (Lipinski definition) is 7. The van der Waals surface area contributed by atoms with Crippen LogP contribution in [0.1, 0.15) is 45.1 Å². The highest BCUT2D eigenvalue weighted by Crippen LogP contribution is 2.26. The van der Waals surface area contributed by atoms with Crippen LogP contribution in [0.2, 0.25) is 0 Å². The Labute approximate surface area is 193 Å². The summed E-state index contributed by atoms with van der Waals surface area (Å²) in [5.41, 5.74) is 0.807. The van der Waals surface area contributed by atoms with Crippen molar-refractivity contribution < 1.29 is 19.0 Å². The average Bonchev–Trinajstić information content (AvgIpc) is 3.10. The Balaban J connectivity index is 1.75. The van der Waals surface area contributed by atoms with E-state index in [0.717, 1.165) is 18.5 Å². The standard InChI is InChI=1S/C24H32N4O5/c1-7-10-19-20-21(27(5)26-19)22(29)28(16(3)25-20)13-14-32-17-11-9-12-18(15-17)33-24(4,8-2)23(30)31-6/h9,11-12,15H,7-8,10,13-14H2,1-6H3/t24-/m0/s1. The maximum atomic E-state index is 13.1. The van der Waals surface area contributed by atoms with Crippen molar-refractivity contribution in [2.24, 2.45) is 7.05 Å². The normalized spacial score (nSPS) is 13.0. The first-order chi connectivity index (χ1) is 15.7.